The van der Waals surface area contributed by atoms with Gasteiger partial charge in [-0.1, -0.05) is 80.4 Å². The van der Waals surface area contributed by atoms with Gasteiger partial charge in [0.15, 0.2) is 5.78 Å². The van der Waals surface area contributed by atoms with Crippen LogP contribution in [0, 0.1) is 41.4 Å². The van der Waals surface area contributed by atoms with Crippen molar-refractivity contribution < 1.29 is 34.7 Å². The Morgan fingerprint density at radius 2 is 1.50 bits per heavy atom. The number of aliphatic hydroxyl groups is 4. The summed E-state index contributed by atoms with van der Waals surface area (Å²) in [5.74, 6) is 0.998. The highest BCUT2D eigenvalue weighted by atomic mass is 16.6. The molecule has 7 heteroatoms. The van der Waals surface area contributed by atoms with Crippen molar-refractivity contribution in [1.29, 1.82) is 0 Å². The predicted octanol–water partition coefficient (Wildman–Crippen LogP) is 8.73. The van der Waals surface area contributed by atoms with E-state index in [-0.39, 0.29) is 47.4 Å². The van der Waals surface area contributed by atoms with Gasteiger partial charge in [-0.2, -0.15) is 0 Å². The van der Waals surface area contributed by atoms with Gasteiger partial charge in [0.1, 0.15) is 0 Å². The van der Waals surface area contributed by atoms with Crippen molar-refractivity contribution in [2.45, 2.75) is 189 Å². The minimum atomic E-state index is -0.694. The zero-order chi connectivity index (χ0) is 36.4. The number of ether oxygens (including phenoxy) is 2. The molecule has 2 aliphatic rings. The number of hydrogen-bond donors (Lipinski definition) is 4. The quantitative estimate of drug-likeness (QED) is 0.0545. The van der Waals surface area contributed by atoms with Crippen molar-refractivity contribution >= 4 is 5.78 Å². The molecule has 2 saturated heterocycles. The Balaban J connectivity index is 1.78. The Morgan fingerprint density at radius 3 is 2.10 bits per heavy atom. The smallest absolute Gasteiger partial charge is 0.161 e. The number of carbonyl (C=O) groups is 1. The lowest BCUT2D eigenvalue weighted by Crippen LogP contribution is -2.44. The highest BCUT2D eigenvalue weighted by molar-refractivity contribution is 5.91. The van der Waals surface area contributed by atoms with Crippen LogP contribution in [0.3, 0.4) is 0 Å². The summed E-state index contributed by atoms with van der Waals surface area (Å²) >= 11 is 0. The molecule has 0 saturated carbocycles. The fourth-order valence-electron chi connectivity index (χ4n) is 8.14. The summed E-state index contributed by atoms with van der Waals surface area (Å²) < 4.78 is 12.8. The van der Waals surface area contributed by atoms with Crippen LogP contribution in [-0.4, -0.2) is 67.9 Å². The maximum atomic E-state index is 12.8. The lowest BCUT2D eigenvalue weighted by Gasteiger charge is -2.35. The molecule has 0 bridgehead atoms. The van der Waals surface area contributed by atoms with E-state index in [9.17, 15) is 25.2 Å². The summed E-state index contributed by atoms with van der Waals surface area (Å²) in [6, 6.07) is 0. The molecule has 14 atom stereocenters. The molecule has 0 radical (unpaired) electrons. The second-order valence-corrected chi connectivity index (χ2v) is 17.0. The highest BCUT2D eigenvalue weighted by Gasteiger charge is 2.51. The maximum Gasteiger partial charge on any atom is 0.161 e. The number of carbonyl (C=O) groups excluding carboxylic acids is 1. The highest BCUT2D eigenvalue weighted by Crippen LogP contribution is 2.45. The maximum absolute atomic E-state index is 12.8. The van der Waals surface area contributed by atoms with Gasteiger partial charge < -0.3 is 29.9 Å². The largest absolute Gasteiger partial charge is 0.512 e. The summed E-state index contributed by atoms with van der Waals surface area (Å²) in [7, 11) is 0. The number of rotatable bonds is 21. The summed E-state index contributed by atoms with van der Waals surface area (Å²) in [5, 5.41) is 43.0. The van der Waals surface area contributed by atoms with Gasteiger partial charge in [-0.25, -0.2) is 0 Å². The predicted molar refractivity (Wildman–Crippen MR) is 196 cm³/mol. The first kappa shape index (κ1) is 42.9. The third-order valence-corrected chi connectivity index (χ3v) is 11.8. The van der Waals surface area contributed by atoms with Crippen molar-refractivity contribution in [1.82, 2.24) is 0 Å². The average molecular weight is 679 g/mol. The fourth-order valence-corrected chi connectivity index (χ4v) is 8.14. The van der Waals surface area contributed by atoms with Crippen LogP contribution in [0.1, 0.15) is 147 Å². The molecule has 2 aliphatic heterocycles. The summed E-state index contributed by atoms with van der Waals surface area (Å²) in [5.41, 5.74) is -0.981. The molecule has 2 rings (SSSR count). The first-order valence-corrected chi connectivity index (χ1v) is 19.3. The molecule has 0 spiro atoms. The van der Waals surface area contributed by atoms with Crippen LogP contribution in [0.5, 0.6) is 0 Å². The van der Waals surface area contributed by atoms with Crippen LogP contribution in [0.4, 0.5) is 0 Å². The molecule has 2 heterocycles. The van der Waals surface area contributed by atoms with E-state index in [4.69, 9.17) is 9.47 Å². The molecule has 0 aliphatic carbocycles. The van der Waals surface area contributed by atoms with Gasteiger partial charge in [0.05, 0.1) is 47.5 Å². The van der Waals surface area contributed by atoms with Crippen LogP contribution in [-0.2, 0) is 14.3 Å². The van der Waals surface area contributed by atoms with Gasteiger partial charge in [0.25, 0.3) is 0 Å². The number of hydrogen-bond acceptors (Lipinski definition) is 7. The minimum Gasteiger partial charge on any atom is -0.512 e. The van der Waals surface area contributed by atoms with E-state index in [2.05, 4.69) is 40.7 Å². The summed E-state index contributed by atoms with van der Waals surface area (Å²) in [6.07, 6.45) is 13.2. The Labute approximate surface area is 294 Å². The molecule has 0 unspecified atom stereocenters. The molecule has 0 aromatic carbocycles. The van der Waals surface area contributed by atoms with Crippen LogP contribution < -0.4 is 0 Å². The molecule has 7 nitrogen and oxygen atoms in total. The zero-order valence-electron chi connectivity index (χ0n) is 32.5. The van der Waals surface area contributed by atoms with Gasteiger partial charge in [-0.05, 0) is 96.3 Å². The molecular weight excluding hydrogens is 604 g/mol. The molecule has 0 aromatic heterocycles. The van der Waals surface area contributed by atoms with Crippen LogP contribution >= 0.6 is 0 Å². The topological polar surface area (TPSA) is 116 Å². The van der Waals surface area contributed by atoms with Gasteiger partial charge >= 0.3 is 0 Å². The molecule has 4 N–H and O–H groups in total. The summed E-state index contributed by atoms with van der Waals surface area (Å²) in [4.78, 5) is 12.8. The van der Waals surface area contributed by atoms with Crippen LogP contribution in [0.2, 0.25) is 0 Å². The Morgan fingerprint density at radius 1 is 0.854 bits per heavy atom. The van der Waals surface area contributed by atoms with Crippen molar-refractivity contribution in [3.8, 4) is 0 Å². The Hall–Kier alpha value is -1.25. The van der Waals surface area contributed by atoms with E-state index in [0.717, 1.165) is 51.4 Å². The molecule has 2 fully saturated rings. The lowest BCUT2D eigenvalue weighted by molar-refractivity contribution is -0.172. The van der Waals surface area contributed by atoms with E-state index < -0.39 is 29.5 Å². The second kappa shape index (κ2) is 19.4. The number of allylic oxidation sites excluding steroid dienone is 3. The Bertz CT molecular complexity index is 1020. The van der Waals surface area contributed by atoms with Gasteiger partial charge in [0, 0.05) is 29.7 Å². The monoisotopic (exact) mass is 679 g/mol. The SMILES string of the molecule is CCC[C@@H](C)C[C@H](C)C[C@H](C)C(=O)/C=C(\O)[C@H](C)C[C@H](C)C/C=C/[C@@H](C)[C@@H](O)[C@@H](C)[C@@H](O)C[C@@H]1CC[C@@](C)([C@H]2CC[C@@](C)([C@@H](C)O)O2)O1. The zero-order valence-corrected chi connectivity index (χ0v) is 32.5. The third-order valence-electron chi connectivity index (χ3n) is 11.8. The minimum absolute atomic E-state index is 0.0117. The van der Waals surface area contributed by atoms with E-state index in [0.29, 0.717) is 24.2 Å². The van der Waals surface area contributed by atoms with Crippen LogP contribution in [0.25, 0.3) is 0 Å². The van der Waals surface area contributed by atoms with E-state index in [1.807, 2.05) is 40.7 Å². The third kappa shape index (κ3) is 12.8. The number of ketones is 1. The van der Waals surface area contributed by atoms with Crippen molar-refractivity contribution in [3.63, 3.8) is 0 Å². The second-order valence-electron chi connectivity index (χ2n) is 17.0. The normalized spacial score (nSPS) is 31.6. The van der Waals surface area contributed by atoms with E-state index >= 15 is 0 Å². The average Bonchev–Trinajstić information content (AvgIpc) is 3.60. The van der Waals surface area contributed by atoms with Crippen molar-refractivity contribution in [2.75, 3.05) is 0 Å². The summed E-state index contributed by atoms with van der Waals surface area (Å²) in [6.45, 7) is 22.5. The molecule has 280 valence electrons. The first-order chi connectivity index (χ1) is 22.3. The lowest BCUT2D eigenvalue weighted by atomic mass is 9.85. The van der Waals surface area contributed by atoms with Crippen LogP contribution in [0.15, 0.2) is 24.0 Å². The van der Waals surface area contributed by atoms with Crippen molar-refractivity contribution in [2.24, 2.45) is 41.4 Å². The van der Waals surface area contributed by atoms with E-state index in [1.165, 1.54) is 18.9 Å². The fraction of sp³-hybridized carbons (Fsp3) is 0.878. The number of aliphatic hydroxyl groups excluding tert-OH is 4. The van der Waals surface area contributed by atoms with E-state index in [1.54, 1.807) is 6.92 Å². The van der Waals surface area contributed by atoms with Crippen molar-refractivity contribution in [3.05, 3.63) is 24.0 Å². The molecule has 48 heavy (non-hydrogen) atoms. The van der Waals surface area contributed by atoms with Gasteiger partial charge in [0.2, 0.25) is 0 Å². The molecule has 0 aromatic rings. The first-order valence-electron chi connectivity index (χ1n) is 19.3. The molecule has 0 amide bonds. The standard InChI is InChI=1S/C41H74O7/c1-12-14-26(2)21-28(4)23-31(7)36(44)25-35(43)30(6)22-27(3)15-13-16-29(5)39(46)32(8)37(45)24-34-17-19-41(11,47-34)38-18-20-40(10,48-38)33(9)42/h13,16,25-34,37-39,42-43,45-46H,12,14-15,17-24H2,1-11H3/b16-13+,35-25-/t26-,27-,28+,29-,30-,31+,32+,33-,34+,37+,38-,39-,40+,41+/m1/s1. The van der Waals surface area contributed by atoms with Gasteiger partial charge in [-0.15, -0.1) is 0 Å². The van der Waals surface area contributed by atoms with Gasteiger partial charge in [-0.3, -0.25) is 4.79 Å². The Kier molecular flexibility index (Phi) is 17.3. The molecular formula is C41H74O7.